The van der Waals surface area contributed by atoms with Gasteiger partial charge in [0.15, 0.2) is 11.5 Å². The number of carboxylic acids is 1. The van der Waals surface area contributed by atoms with Crippen molar-refractivity contribution in [3.8, 4) is 11.5 Å². The molecule has 0 spiro atoms. The molecule has 2 aromatic rings. The van der Waals surface area contributed by atoms with E-state index >= 15 is 0 Å². The molecule has 0 saturated heterocycles. The van der Waals surface area contributed by atoms with Crippen LogP contribution in [-0.4, -0.2) is 41.6 Å². The van der Waals surface area contributed by atoms with E-state index in [2.05, 4.69) is 0 Å². The molecule has 9 nitrogen and oxygen atoms in total. The predicted molar refractivity (Wildman–Crippen MR) is 132 cm³/mol. The fourth-order valence-corrected chi connectivity index (χ4v) is 3.36. The van der Waals surface area contributed by atoms with Crippen molar-refractivity contribution in [1.82, 2.24) is 0 Å². The first-order chi connectivity index (χ1) is 16.9. The van der Waals surface area contributed by atoms with Gasteiger partial charge >= 0.3 is 23.9 Å². The largest absolute Gasteiger partial charge is 0.480 e. The minimum atomic E-state index is -1.35. The smallest absolute Gasteiger partial charge is 0.338 e. The number of carbonyl (C=O) groups excluding carboxylic acids is 3. The van der Waals surface area contributed by atoms with Gasteiger partial charge in [-0.15, -0.1) is 0 Å². The van der Waals surface area contributed by atoms with Crippen LogP contribution in [0, 0.1) is 17.8 Å². The maximum Gasteiger partial charge on any atom is 0.338 e. The van der Waals surface area contributed by atoms with Crippen LogP contribution in [0.15, 0.2) is 48.5 Å². The zero-order valence-corrected chi connectivity index (χ0v) is 21.1. The average molecular weight is 500 g/mol. The lowest BCUT2D eigenvalue weighted by Crippen LogP contribution is -2.40. The molecule has 9 heteroatoms. The number of nitrogens with two attached hydrogens (primary N) is 1. The van der Waals surface area contributed by atoms with Crippen LogP contribution in [-0.2, 0) is 19.1 Å². The second-order valence-corrected chi connectivity index (χ2v) is 9.19. The van der Waals surface area contributed by atoms with Gasteiger partial charge in [-0.25, -0.2) is 4.79 Å². The normalized spacial score (nSPS) is 13.6. The Morgan fingerprint density at radius 2 is 1.39 bits per heavy atom. The summed E-state index contributed by atoms with van der Waals surface area (Å²) >= 11 is 0. The first-order valence-corrected chi connectivity index (χ1v) is 11.7. The van der Waals surface area contributed by atoms with Gasteiger partial charge in [-0.2, -0.15) is 0 Å². The Bertz CT molecular complexity index is 1080. The highest BCUT2D eigenvalue weighted by Crippen LogP contribution is 2.36. The SMILES string of the molecule is CC(C)C(=O)Oc1ccc(C(C(C)COC(=O)c2ccccc2)[C@@H](N)C(=O)O)cc1OC(=O)C(C)C. The van der Waals surface area contributed by atoms with Crippen LogP contribution in [0.2, 0.25) is 0 Å². The van der Waals surface area contributed by atoms with E-state index in [0.717, 1.165) is 0 Å². The second kappa shape index (κ2) is 12.8. The Hall–Kier alpha value is -3.72. The molecule has 2 aromatic carbocycles. The molecule has 2 unspecified atom stereocenters. The first kappa shape index (κ1) is 28.5. The lowest BCUT2D eigenvalue weighted by molar-refractivity contribution is -0.140. The van der Waals surface area contributed by atoms with E-state index in [1.54, 1.807) is 71.0 Å². The van der Waals surface area contributed by atoms with Gasteiger partial charge in [-0.1, -0.05) is 58.9 Å². The van der Waals surface area contributed by atoms with Crippen molar-refractivity contribution in [2.24, 2.45) is 23.5 Å². The van der Waals surface area contributed by atoms with Crippen molar-refractivity contribution in [2.45, 2.75) is 46.6 Å². The fraction of sp³-hybridized carbons (Fsp3) is 0.407. The number of hydrogen-bond acceptors (Lipinski definition) is 8. The van der Waals surface area contributed by atoms with E-state index in [1.807, 2.05) is 0 Å². The van der Waals surface area contributed by atoms with E-state index in [9.17, 15) is 24.3 Å². The Balaban J connectivity index is 2.39. The van der Waals surface area contributed by atoms with E-state index in [1.165, 1.54) is 12.1 Å². The third-order valence-corrected chi connectivity index (χ3v) is 5.49. The monoisotopic (exact) mass is 499 g/mol. The quantitative estimate of drug-likeness (QED) is 0.349. The summed E-state index contributed by atoms with van der Waals surface area (Å²) in [6.45, 7) is 8.23. The summed E-state index contributed by atoms with van der Waals surface area (Å²) in [5.74, 6) is -5.12. The van der Waals surface area contributed by atoms with Crippen molar-refractivity contribution in [2.75, 3.05) is 6.61 Å². The van der Waals surface area contributed by atoms with Gasteiger partial charge < -0.3 is 25.1 Å². The average Bonchev–Trinajstić information content (AvgIpc) is 2.84. The molecule has 194 valence electrons. The lowest BCUT2D eigenvalue weighted by Gasteiger charge is -2.28. The van der Waals surface area contributed by atoms with Gasteiger partial charge in [0.1, 0.15) is 6.04 Å². The van der Waals surface area contributed by atoms with Crippen LogP contribution in [0.1, 0.15) is 56.5 Å². The van der Waals surface area contributed by atoms with Crippen LogP contribution >= 0.6 is 0 Å². The van der Waals surface area contributed by atoms with Crippen molar-refractivity contribution in [3.63, 3.8) is 0 Å². The van der Waals surface area contributed by atoms with Crippen molar-refractivity contribution < 1.29 is 38.5 Å². The van der Waals surface area contributed by atoms with E-state index in [-0.39, 0.29) is 18.1 Å². The van der Waals surface area contributed by atoms with E-state index < -0.39 is 53.6 Å². The van der Waals surface area contributed by atoms with E-state index in [0.29, 0.717) is 11.1 Å². The van der Waals surface area contributed by atoms with Crippen LogP contribution in [0.3, 0.4) is 0 Å². The summed E-state index contributed by atoms with van der Waals surface area (Å²) in [7, 11) is 0. The number of rotatable bonds is 11. The Morgan fingerprint density at radius 1 is 0.833 bits per heavy atom. The summed E-state index contributed by atoms with van der Waals surface area (Å²) in [5.41, 5.74) is 6.82. The molecular weight excluding hydrogens is 466 g/mol. The van der Waals surface area contributed by atoms with Crippen LogP contribution < -0.4 is 15.2 Å². The number of benzene rings is 2. The number of aliphatic carboxylic acids is 1. The van der Waals surface area contributed by atoms with Gasteiger partial charge in [-0.05, 0) is 35.7 Å². The Kier molecular flexibility index (Phi) is 10.2. The molecular formula is C27H33NO8. The van der Waals surface area contributed by atoms with Gasteiger partial charge in [0, 0.05) is 5.92 Å². The number of carbonyl (C=O) groups is 4. The maximum absolute atomic E-state index is 12.4. The topological polar surface area (TPSA) is 142 Å². The summed E-state index contributed by atoms with van der Waals surface area (Å²) < 4.78 is 16.3. The van der Waals surface area contributed by atoms with E-state index in [4.69, 9.17) is 19.9 Å². The molecule has 0 bridgehead atoms. The minimum absolute atomic E-state index is 0.0252. The molecule has 0 heterocycles. The molecule has 0 amide bonds. The molecule has 0 saturated carbocycles. The number of carboxylic acid groups (broad SMARTS) is 1. The molecule has 0 aliphatic heterocycles. The lowest BCUT2D eigenvalue weighted by atomic mass is 9.82. The van der Waals surface area contributed by atoms with Gasteiger partial charge in [0.05, 0.1) is 24.0 Å². The molecule has 3 atom stereocenters. The molecule has 0 aliphatic rings. The van der Waals surface area contributed by atoms with Gasteiger partial charge in [0.25, 0.3) is 0 Å². The van der Waals surface area contributed by atoms with Crippen molar-refractivity contribution in [1.29, 1.82) is 0 Å². The van der Waals surface area contributed by atoms with Crippen molar-refractivity contribution >= 4 is 23.9 Å². The molecule has 0 aliphatic carbocycles. The van der Waals surface area contributed by atoms with Crippen molar-refractivity contribution in [3.05, 3.63) is 59.7 Å². The zero-order chi connectivity index (χ0) is 27.0. The van der Waals surface area contributed by atoms with Crippen LogP contribution in [0.5, 0.6) is 11.5 Å². The third kappa shape index (κ3) is 7.64. The van der Waals surface area contributed by atoms with Gasteiger partial charge in [0.2, 0.25) is 0 Å². The Labute approximate surface area is 210 Å². The summed E-state index contributed by atoms with van der Waals surface area (Å²) in [5, 5.41) is 9.65. The predicted octanol–water partition coefficient (Wildman–Crippen LogP) is 3.80. The van der Waals surface area contributed by atoms with Gasteiger partial charge in [-0.3, -0.25) is 14.4 Å². The highest BCUT2D eigenvalue weighted by molar-refractivity contribution is 5.89. The summed E-state index contributed by atoms with van der Waals surface area (Å²) in [6.07, 6.45) is 0. The minimum Gasteiger partial charge on any atom is -0.480 e. The number of hydrogen-bond donors (Lipinski definition) is 2. The first-order valence-electron chi connectivity index (χ1n) is 11.7. The zero-order valence-electron chi connectivity index (χ0n) is 21.1. The molecule has 2 rings (SSSR count). The molecule has 0 radical (unpaired) electrons. The van der Waals surface area contributed by atoms with Crippen LogP contribution in [0.25, 0.3) is 0 Å². The summed E-state index contributed by atoms with van der Waals surface area (Å²) in [4.78, 5) is 48.7. The Morgan fingerprint density at radius 3 is 1.92 bits per heavy atom. The molecule has 0 fully saturated rings. The maximum atomic E-state index is 12.4. The standard InChI is InChI=1S/C27H33NO8/c1-15(2)25(31)35-20-12-11-19(13-21(20)36-26(32)16(3)4)22(23(28)24(29)30)17(5)14-34-27(33)18-9-7-6-8-10-18/h6-13,15-17,22-23H,14,28H2,1-5H3,(H,29,30)/t17?,22?,23-/m1/s1. The number of esters is 3. The fourth-order valence-electron chi connectivity index (χ4n) is 3.36. The molecule has 36 heavy (non-hydrogen) atoms. The third-order valence-electron chi connectivity index (χ3n) is 5.49. The molecule has 3 N–H and O–H groups in total. The highest BCUT2D eigenvalue weighted by Gasteiger charge is 2.33. The highest BCUT2D eigenvalue weighted by atomic mass is 16.6. The summed E-state index contributed by atoms with van der Waals surface area (Å²) in [6, 6.07) is 11.5. The number of ether oxygens (including phenoxy) is 3. The second-order valence-electron chi connectivity index (χ2n) is 9.19. The van der Waals surface area contributed by atoms with Crippen LogP contribution in [0.4, 0.5) is 0 Å². The molecule has 0 aromatic heterocycles.